The predicted octanol–water partition coefficient (Wildman–Crippen LogP) is 1.81. The van der Waals surface area contributed by atoms with E-state index in [4.69, 9.17) is 11.6 Å². The quantitative estimate of drug-likeness (QED) is 0.651. The van der Waals surface area contributed by atoms with Gasteiger partial charge in [0.25, 0.3) is 0 Å². The Bertz CT molecular complexity index is 460. The lowest BCUT2D eigenvalue weighted by atomic mass is 10.5. The Kier molecular flexibility index (Phi) is 1.35. The van der Waals surface area contributed by atoms with Gasteiger partial charge in [0.2, 0.25) is 5.28 Å². The zero-order valence-corrected chi connectivity index (χ0v) is 7.57. The number of nitrogens with zero attached hydrogens (tertiary/aromatic N) is 4. The highest BCUT2D eigenvalue weighted by molar-refractivity contribution is 6.28. The molecule has 0 N–H and O–H groups in total. The van der Waals surface area contributed by atoms with Crippen molar-refractivity contribution < 1.29 is 0 Å². The largest absolute Gasteiger partial charge is 0.312 e. The summed E-state index contributed by atoms with van der Waals surface area (Å²) >= 11 is 5.71. The fourth-order valence-corrected chi connectivity index (χ4v) is 1.55. The maximum absolute atomic E-state index is 5.71. The van der Waals surface area contributed by atoms with Gasteiger partial charge in [0.15, 0.2) is 5.65 Å². The van der Waals surface area contributed by atoms with E-state index in [2.05, 4.69) is 19.5 Å². The second-order valence-corrected chi connectivity index (χ2v) is 3.57. The molecule has 0 aromatic carbocycles. The molecule has 0 amide bonds. The highest BCUT2D eigenvalue weighted by atomic mass is 35.5. The number of imidazole rings is 1. The zero-order valence-electron chi connectivity index (χ0n) is 6.81. The van der Waals surface area contributed by atoms with E-state index in [-0.39, 0.29) is 5.28 Å². The summed E-state index contributed by atoms with van der Waals surface area (Å²) in [5, 5.41) is 0.287. The molecule has 1 fully saturated rings. The van der Waals surface area contributed by atoms with Gasteiger partial charge in [-0.05, 0) is 24.4 Å². The lowest BCUT2D eigenvalue weighted by Gasteiger charge is -1.98. The van der Waals surface area contributed by atoms with E-state index < -0.39 is 0 Å². The molecule has 5 heteroatoms. The van der Waals surface area contributed by atoms with Crippen molar-refractivity contribution in [3.8, 4) is 0 Å². The Hall–Kier alpha value is -1.16. The van der Waals surface area contributed by atoms with Gasteiger partial charge in [-0.3, -0.25) is 0 Å². The minimum atomic E-state index is 0.287. The third kappa shape index (κ3) is 1.09. The number of aromatic nitrogens is 4. The van der Waals surface area contributed by atoms with E-state index in [1.54, 1.807) is 6.20 Å². The van der Waals surface area contributed by atoms with Crippen molar-refractivity contribution >= 4 is 22.8 Å². The first-order valence-corrected chi connectivity index (χ1v) is 4.57. The normalized spacial score (nSPS) is 16.7. The summed E-state index contributed by atoms with van der Waals surface area (Å²) in [6.45, 7) is 0. The maximum atomic E-state index is 5.71. The summed E-state index contributed by atoms with van der Waals surface area (Å²) in [5.74, 6) is 0. The van der Waals surface area contributed by atoms with E-state index in [1.165, 1.54) is 12.8 Å². The van der Waals surface area contributed by atoms with Crippen LogP contribution in [-0.4, -0.2) is 19.5 Å². The Labute approximate surface area is 79.6 Å². The van der Waals surface area contributed by atoms with Crippen molar-refractivity contribution in [2.45, 2.75) is 18.9 Å². The van der Waals surface area contributed by atoms with Crippen molar-refractivity contribution in [2.24, 2.45) is 0 Å². The first kappa shape index (κ1) is 7.26. The van der Waals surface area contributed by atoms with Crippen LogP contribution in [0, 0.1) is 0 Å². The number of hydrogen-bond acceptors (Lipinski definition) is 3. The first-order chi connectivity index (χ1) is 6.34. The zero-order chi connectivity index (χ0) is 8.84. The Balaban J connectivity index is 2.29. The van der Waals surface area contributed by atoms with E-state index in [1.807, 2.05) is 6.33 Å². The first-order valence-electron chi connectivity index (χ1n) is 4.19. The molecule has 0 bridgehead atoms. The fraction of sp³-hybridized carbons (Fsp3) is 0.375. The van der Waals surface area contributed by atoms with E-state index in [0.717, 1.165) is 11.2 Å². The molecule has 1 aliphatic rings. The average molecular weight is 195 g/mol. The number of rotatable bonds is 1. The van der Waals surface area contributed by atoms with Crippen molar-refractivity contribution in [3.63, 3.8) is 0 Å². The van der Waals surface area contributed by atoms with Gasteiger partial charge in [-0.25, -0.2) is 9.97 Å². The predicted molar refractivity (Wildman–Crippen MR) is 48.6 cm³/mol. The highest BCUT2D eigenvalue weighted by Gasteiger charge is 2.25. The molecule has 66 valence electrons. The van der Waals surface area contributed by atoms with Crippen LogP contribution in [0.3, 0.4) is 0 Å². The Morgan fingerprint density at radius 1 is 1.38 bits per heavy atom. The molecule has 0 unspecified atom stereocenters. The maximum Gasteiger partial charge on any atom is 0.224 e. The van der Waals surface area contributed by atoms with Crippen LogP contribution in [0.1, 0.15) is 18.9 Å². The standard InChI is InChI=1S/C8H7ClN4/c9-8-10-3-6-7(12-8)13(4-11-6)5-1-2-5/h3-5H,1-2H2. The van der Waals surface area contributed by atoms with Crippen molar-refractivity contribution in [3.05, 3.63) is 17.8 Å². The summed E-state index contributed by atoms with van der Waals surface area (Å²) < 4.78 is 2.07. The molecule has 1 aliphatic carbocycles. The fourth-order valence-electron chi connectivity index (χ4n) is 1.43. The van der Waals surface area contributed by atoms with Crippen molar-refractivity contribution in [2.75, 3.05) is 0 Å². The third-order valence-electron chi connectivity index (χ3n) is 2.23. The van der Waals surface area contributed by atoms with Crippen LogP contribution >= 0.6 is 11.6 Å². The minimum absolute atomic E-state index is 0.287. The van der Waals surface area contributed by atoms with Crippen LogP contribution in [0.25, 0.3) is 11.2 Å². The monoisotopic (exact) mass is 194 g/mol. The second kappa shape index (κ2) is 2.42. The summed E-state index contributed by atoms with van der Waals surface area (Å²) in [6, 6.07) is 0.580. The van der Waals surface area contributed by atoms with Gasteiger partial charge in [0.05, 0.1) is 12.5 Å². The molecule has 3 rings (SSSR count). The van der Waals surface area contributed by atoms with Gasteiger partial charge in [0.1, 0.15) is 5.52 Å². The van der Waals surface area contributed by atoms with E-state index in [0.29, 0.717) is 6.04 Å². The van der Waals surface area contributed by atoms with Gasteiger partial charge in [-0.2, -0.15) is 4.98 Å². The van der Waals surface area contributed by atoms with Gasteiger partial charge in [-0.1, -0.05) is 0 Å². The molecule has 0 aliphatic heterocycles. The molecule has 13 heavy (non-hydrogen) atoms. The summed E-state index contributed by atoms with van der Waals surface area (Å²) in [6.07, 6.45) is 5.90. The van der Waals surface area contributed by atoms with Gasteiger partial charge < -0.3 is 4.57 Å². The molecule has 4 nitrogen and oxygen atoms in total. The molecule has 2 aromatic rings. The number of fused-ring (bicyclic) bond motifs is 1. The molecule has 1 saturated carbocycles. The molecule has 2 aromatic heterocycles. The lowest BCUT2D eigenvalue weighted by molar-refractivity contribution is 0.756. The smallest absolute Gasteiger partial charge is 0.224 e. The lowest BCUT2D eigenvalue weighted by Crippen LogP contribution is -1.93. The van der Waals surface area contributed by atoms with E-state index in [9.17, 15) is 0 Å². The van der Waals surface area contributed by atoms with E-state index >= 15 is 0 Å². The SMILES string of the molecule is Clc1ncc2ncn(C3CC3)c2n1. The number of hydrogen-bond donors (Lipinski definition) is 0. The van der Waals surface area contributed by atoms with Gasteiger partial charge in [0, 0.05) is 6.04 Å². The van der Waals surface area contributed by atoms with Crippen molar-refractivity contribution in [1.29, 1.82) is 0 Å². The van der Waals surface area contributed by atoms with Crippen LogP contribution in [0.5, 0.6) is 0 Å². The molecule has 0 spiro atoms. The minimum Gasteiger partial charge on any atom is -0.312 e. The molecule has 0 radical (unpaired) electrons. The van der Waals surface area contributed by atoms with Gasteiger partial charge in [-0.15, -0.1) is 0 Å². The van der Waals surface area contributed by atoms with Crippen LogP contribution in [-0.2, 0) is 0 Å². The summed E-state index contributed by atoms with van der Waals surface area (Å²) in [4.78, 5) is 12.2. The number of halogens is 1. The average Bonchev–Trinajstić information content (AvgIpc) is 2.87. The summed E-state index contributed by atoms with van der Waals surface area (Å²) in [5.41, 5.74) is 1.67. The van der Waals surface area contributed by atoms with Crippen molar-refractivity contribution in [1.82, 2.24) is 19.5 Å². The van der Waals surface area contributed by atoms with Crippen LogP contribution in [0.4, 0.5) is 0 Å². The van der Waals surface area contributed by atoms with Crippen LogP contribution < -0.4 is 0 Å². The van der Waals surface area contributed by atoms with Crippen LogP contribution in [0.15, 0.2) is 12.5 Å². The Morgan fingerprint density at radius 2 is 2.23 bits per heavy atom. The van der Waals surface area contributed by atoms with Gasteiger partial charge >= 0.3 is 0 Å². The Morgan fingerprint density at radius 3 is 3.00 bits per heavy atom. The topological polar surface area (TPSA) is 43.6 Å². The molecule has 2 heterocycles. The molecular weight excluding hydrogens is 188 g/mol. The molecule has 0 saturated heterocycles. The highest BCUT2D eigenvalue weighted by Crippen LogP contribution is 2.36. The second-order valence-electron chi connectivity index (χ2n) is 3.23. The molecular formula is C8H7ClN4. The molecule has 0 atom stereocenters. The van der Waals surface area contributed by atoms with Crippen LogP contribution in [0.2, 0.25) is 5.28 Å². The summed E-state index contributed by atoms with van der Waals surface area (Å²) in [7, 11) is 0. The third-order valence-corrected chi connectivity index (χ3v) is 2.41.